The molecule has 1 amide bonds. The van der Waals surface area contributed by atoms with Crippen LogP contribution in [0.25, 0.3) is 0 Å². The molecule has 1 heterocycles. The minimum absolute atomic E-state index is 0.131. The number of aliphatic hydroxyl groups is 1. The molecule has 0 saturated heterocycles. The van der Waals surface area contributed by atoms with Gasteiger partial charge in [0, 0.05) is 17.7 Å². The predicted molar refractivity (Wildman–Crippen MR) is 85.9 cm³/mol. The average Bonchev–Trinajstić information content (AvgIpc) is 2.67. The number of benzene rings is 2. The molecule has 1 atom stereocenters. The molecule has 0 saturated carbocycles. The number of para-hydroxylation sites is 1. The Morgan fingerprint density at radius 1 is 1.09 bits per heavy atom. The molecule has 22 heavy (non-hydrogen) atoms. The fourth-order valence-electron chi connectivity index (χ4n) is 2.61. The predicted octanol–water partition coefficient (Wildman–Crippen LogP) is 1.15. The Balaban J connectivity index is 2.20. The summed E-state index contributed by atoms with van der Waals surface area (Å²) in [5.74, 6) is -0.313. The maximum absolute atomic E-state index is 12.5. The van der Waals surface area contributed by atoms with Crippen molar-refractivity contribution in [2.45, 2.75) is 6.17 Å². The molecule has 112 valence electrons. The number of hydrogen-bond acceptors (Lipinski definition) is 4. The normalized spacial score (nSPS) is 17.7. The molecule has 1 aliphatic heterocycles. The van der Waals surface area contributed by atoms with Crippen molar-refractivity contribution in [2.75, 3.05) is 18.1 Å². The van der Waals surface area contributed by atoms with Crippen LogP contribution in [0.1, 0.15) is 11.1 Å². The van der Waals surface area contributed by atoms with E-state index < -0.39 is 6.17 Å². The minimum Gasteiger partial charge on any atom is -0.395 e. The van der Waals surface area contributed by atoms with E-state index in [4.69, 9.17) is 5.73 Å². The van der Waals surface area contributed by atoms with Gasteiger partial charge in [0.15, 0.2) is 6.17 Å². The SMILES string of the molecule is NC1N=C(c2ccccc2)c2ccccc2N(CCO)C1=O. The summed E-state index contributed by atoms with van der Waals surface area (Å²) in [6.45, 7) is 0.0641. The average molecular weight is 295 g/mol. The molecule has 0 radical (unpaired) electrons. The third-order valence-corrected chi connectivity index (χ3v) is 3.61. The summed E-state index contributed by atoms with van der Waals surface area (Å²) in [5, 5.41) is 9.25. The zero-order valence-electron chi connectivity index (χ0n) is 12.0. The van der Waals surface area contributed by atoms with E-state index in [0.717, 1.165) is 16.8 Å². The lowest BCUT2D eigenvalue weighted by Crippen LogP contribution is -2.43. The Hall–Kier alpha value is -2.50. The summed E-state index contributed by atoms with van der Waals surface area (Å²) in [7, 11) is 0. The standard InChI is InChI=1S/C17H17N3O2/c18-16-17(22)20(10-11-21)14-9-5-4-8-13(14)15(19-16)12-6-2-1-3-7-12/h1-9,16,21H,10-11,18H2. The first-order valence-corrected chi connectivity index (χ1v) is 7.13. The molecule has 2 aromatic rings. The van der Waals surface area contributed by atoms with Crippen LogP contribution in [0, 0.1) is 0 Å². The Bertz CT molecular complexity index is 713. The molecule has 1 unspecified atom stereocenters. The van der Waals surface area contributed by atoms with Gasteiger partial charge in [-0.1, -0.05) is 48.5 Å². The fourth-order valence-corrected chi connectivity index (χ4v) is 2.61. The zero-order valence-corrected chi connectivity index (χ0v) is 12.0. The summed E-state index contributed by atoms with van der Waals surface area (Å²) in [6, 6.07) is 17.2. The van der Waals surface area contributed by atoms with Gasteiger partial charge < -0.3 is 15.7 Å². The number of hydrogen-bond donors (Lipinski definition) is 2. The number of β-amino-alcohol motifs (C(OH)–C–C–N with tert-alkyl or cyclic N) is 1. The first kappa shape index (κ1) is 14.4. The second-order valence-corrected chi connectivity index (χ2v) is 5.02. The van der Waals surface area contributed by atoms with Gasteiger partial charge in [-0.05, 0) is 6.07 Å². The number of aliphatic imine (C=N–C) groups is 1. The van der Waals surface area contributed by atoms with Crippen molar-refractivity contribution in [3.05, 3.63) is 65.7 Å². The van der Waals surface area contributed by atoms with Crippen molar-refractivity contribution >= 4 is 17.3 Å². The highest BCUT2D eigenvalue weighted by Crippen LogP contribution is 2.27. The van der Waals surface area contributed by atoms with Crippen molar-refractivity contribution < 1.29 is 9.90 Å². The van der Waals surface area contributed by atoms with Crippen LogP contribution >= 0.6 is 0 Å². The third-order valence-electron chi connectivity index (χ3n) is 3.61. The number of carbonyl (C=O) groups excluding carboxylic acids is 1. The van der Waals surface area contributed by atoms with Gasteiger partial charge in [0.2, 0.25) is 0 Å². The molecular weight excluding hydrogens is 278 g/mol. The number of amides is 1. The van der Waals surface area contributed by atoms with Crippen LogP contribution in [-0.2, 0) is 4.79 Å². The van der Waals surface area contributed by atoms with E-state index in [9.17, 15) is 9.90 Å². The molecule has 0 bridgehead atoms. The smallest absolute Gasteiger partial charge is 0.266 e. The Morgan fingerprint density at radius 3 is 2.50 bits per heavy atom. The number of nitrogens with two attached hydrogens (primary N) is 1. The molecule has 0 spiro atoms. The van der Waals surface area contributed by atoms with Crippen LogP contribution in [-0.4, -0.2) is 36.0 Å². The fraction of sp³-hybridized carbons (Fsp3) is 0.176. The van der Waals surface area contributed by atoms with Gasteiger partial charge in [0.05, 0.1) is 18.0 Å². The lowest BCUT2D eigenvalue weighted by molar-refractivity contribution is -0.119. The van der Waals surface area contributed by atoms with Crippen molar-refractivity contribution in [3.63, 3.8) is 0 Å². The van der Waals surface area contributed by atoms with E-state index >= 15 is 0 Å². The third kappa shape index (κ3) is 2.52. The van der Waals surface area contributed by atoms with E-state index in [0.29, 0.717) is 5.71 Å². The first-order valence-electron chi connectivity index (χ1n) is 7.13. The molecule has 3 N–H and O–H groups in total. The van der Waals surface area contributed by atoms with Crippen LogP contribution in [0.5, 0.6) is 0 Å². The quantitative estimate of drug-likeness (QED) is 0.891. The molecule has 5 nitrogen and oxygen atoms in total. The molecule has 3 rings (SSSR count). The summed E-state index contributed by atoms with van der Waals surface area (Å²) in [6.07, 6.45) is -0.978. The van der Waals surface area contributed by atoms with E-state index in [-0.39, 0.29) is 19.1 Å². The summed E-state index contributed by atoms with van der Waals surface area (Å²) >= 11 is 0. The highest BCUT2D eigenvalue weighted by molar-refractivity contribution is 6.20. The second-order valence-electron chi connectivity index (χ2n) is 5.02. The van der Waals surface area contributed by atoms with E-state index in [1.807, 2.05) is 54.6 Å². The van der Waals surface area contributed by atoms with Gasteiger partial charge in [-0.3, -0.25) is 9.79 Å². The van der Waals surface area contributed by atoms with E-state index in [1.165, 1.54) is 4.90 Å². The highest BCUT2D eigenvalue weighted by atomic mass is 16.3. The Morgan fingerprint density at radius 2 is 1.77 bits per heavy atom. The molecule has 1 aliphatic rings. The molecule has 5 heteroatoms. The summed E-state index contributed by atoms with van der Waals surface area (Å²) in [5.41, 5.74) is 9.10. The van der Waals surface area contributed by atoms with Crippen molar-refractivity contribution in [2.24, 2.45) is 10.7 Å². The lowest BCUT2D eigenvalue weighted by Gasteiger charge is -2.23. The maximum atomic E-state index is 12.5. The number of fused-ring (bicyclic) bond motifs is 1. The van der Waals surface area contributed by atoms with Crippen molar-refractivity contribution in [1.82, 2.24) is 0 Å². The monoisotopic (exact) mass is 295 g/mol. The first-order chi connectivity index (χ1) is 10.7. The van der Waals surface area contributed by atoms with Crippen molar-refractivity contribution in [1.29, 1.82) is 0 Å². The van der Waals surface area contributed by atoms with Crippen LogP contribution in [0.3, 0.4) is 0 Å². The largest absolute Gasteiger partial charge is 0.395 e. The summed E-state index contributed by atoms with van der Waals surface area (Å²) < 4.78 is 0. The maximum Gasteiger partial charge on any atom is 0.266 e. The molecule has 0 fully saturated rings. The second kappa shape index (κ2) is 6.09. The number of anilines is 1. The minimum atomic E-state index is -0.978. The molecule has 0 aromatic heterocycles. The number of nitrogens with zero attached hydrogens (tertiary/aromatic N) is 2. The Kier molecular flexibility index (Phi) is 4.00. The lowest BCUT2D eigenvalue weighted by atomic mass is 10.0. The van der Waals surface area contributed by atoms with Crippen molar-refractivity contribution in [3.8, 4) is 0 Å². The van der Waals surface area contributed by atoms with Crippen LogP contribution in [0.4, 0.5) is 5.69 Å². The highest BCUT2D eigenvalue weighted by Gasteiger charge is 2.29. The topological polar surface area (TPSA) is 78.9 Å². The number of aliphatic hydroxyl groups excluding tert-OH is 1. The Labute approximate surface area is 128 Å². The number of rotatable bonds is 3. The molecular formula is C17H17N3O2. The van der Waals surface area contributed by atoms with Crippen LogP contribution < -0.4 is 10.6 Å². The number of carbonyl (C=O) groups is 1. The number of benzodiazepines with no additional fused rings is 1. The van der Waals surface area contributed by atoms with E-state index in [2.05, 4.69) is 4.99 Å². The van der Waals surface area contributed by atoms with Gasteiger partial charge >= 0.3 is 0 Å². The van der Waals surface area contributed by atoms with Gasteiger partial charge in [0.1, 0.15) is 0 Å². The molecule has 0 aliphatic carbocycles. The van der Waals surface area contributed by atoms with Crippen LogP contribution in [0.15, 0.2) is 59.6 Å². The van der Waals surface area contributed by atoms with Crippen LogP contribution in [0.2, 0.25) is 0 Å². The molecule has 2 aromatic carbocycles. The summed E-state index contributed by atoms with van der Waals surface area (Å²) in [4.78, 5) is 18.4. The van der Waals surface area contributed by atoms with Gasteiger partial charge in [-0.25, -0.2) is 0 Å². The zero-order chi connectivity index (χ0) is 15.5. The van der Waals surface area contributed by atoms with Gasteiger partial charge in [0.25, 0.3) is 5.91 Å². The van der Waals surface area contributed by atoms with Gasteiger partial charge in [-0.15, -0.1) is 0 Å². The van der Waals surface area contributed by atoms with E-state index in [1.54, 1.807) is 0 Å². The van der Waals surface area contributed by atoms with Gasteiger partial charge in [-0.2, -0.15) is 0 Å².